The van der Waals surface area contributed by atoms with Gasteiger partial charge in [-0.3, -0.25) is 4.68 Å². The molecule has 1 saturated carbocycles. The molecule has 0 bridgehead atoms. The van der Waals surface area contributed by atoms with Crippen LogP contribution in [0.3, 0.4) is 0 Å². The Kier molecular flexibility index (Phi) is 8.80. The van der Waals surface area contributed by atoms with Crippen molar-refractivity contribution in [3.63, 3.8) is 0 Å². The van der Waals surface area contributed by atoms with E-state index in [0.29, 0.717) is 18.4 Å². The Hall–Kier alpha value is -2.99. The molecule has 3 aromatic rings. The molecule has 0 atom stereocenters. The number of carbonyl (C=O) groups excluding carboxylic acids is 1. The van der Waals surface area contributed by atoms with Crippen molar-refractivity contribution in [2.24, 2.45) is 11.8 Å². The zero-order valence-corrected chi connectivity index (χ0v) is 22.5. The zero-order chi connectivity index (χ0) is 26.4. The molecule has 0 aliphatic heterocycles. The second-order valence-corrected chi connectivity index (χ2v) is 11.1. The van der Waals surface area contributed by atoms with Crippen LogP contribution in [0, 0.1) is 17.7 Å². The van der Waals surface area contributed by atoms with Gasteiger partial charge in [-0.05, 0) is 94.5 Å². The van der Waals surface area contributed by atoms with E-state index >= 15 is 0 Å². The fourth-order valence-electron chi connectivity index (χ4n) is 5.23. The SMILES string of the molecule is CCc1c(-c2ccccc2)c(-c2ccc(F)cc2)nn1C[C@H]1CC[C@H](COCC(=O)OC(C)(C)C)CC1. The number of rotatable bonds is 9. The van der Waals surface area contributed by atoms with E-state index in [9.17, 15) is 9.18 Å². The van der Waals surface area contributed by atoms with Crippen LogP contribution in [0.15, 0.2) is 54.6 Å². The first-order valence-corrected chi connectivity index (χ1v) is 13.4. The molecule has 4 rings (SSSR count). The highest BCUT2D eigenvalue weighted by Crippen LogP contribution is 2.37. The van der Waals surface area contributed by atoms with Crippen LogP contribution in [0.2, 0.25) is 0 Å². The molecule has 1 fully saturated rings. The summed E-state index contributed by atoms with van der Waals surface area (Å²) >= 11 is 0. The lowest BCUT2D eigenvalue weighted by Gasteiger charge is -2.28. The summed E-state index contributed by atoms with van der Waals surface area (Å²) in [5, 5.41) is 5.09. The second-order valence-electron chi connectivity index (χ2n) is 11.1. The van der Waals surface area contributed by atoms with Crippen LogP contribution in [-0.4, -0.2) is 34.6 Å². The van der Waals surface area contributed by atoms with Gasteiger partial charge >= 0.3 is 5.97 Å². The number of esters is 1. The molecule has 0 radical (unpaired) electrons. The highest BCUT2D eigenvalue weighted by Gasteiger charge is 2.26. The summed E-state index contributed by atoms with van der Waals surface area (Å²) in [5.41, 5.74) is 4.84. The topological polar surface area (TPSA) is 53.4 Å². The summed E-state index contributed by atoms with van der Waals surface area (Å²) in [6, 6.07) is 17.0. The van der Waals surface area contributed by atoms with E-state index in [1.54, 1.807) is 0 Å². The van der Waals surface area contributed by atoms with Crippen LogP contribution in [0.25, 0.3) is 22.4 Å². The highest BCUT2D eigenvalue weighted by molar-refractivity contribution is 5.82. The van der Waals surface area contributed by atoms with E-state index in [1.807, 2.05) is 51.1 Å². The van der Waals surface area contributed by atoms with Crippen LogP contribution >= 0.6 is 0 Å². The average Bonchev–Trinajstić information content (AvgIpc) is 3.23. The van der Waals surface area contributed by atoms with E-state index in [0.717, 1.165) is 61.0 Å². The van der Waals surface area contributed by atoms with Crippen LogP contribution in [0.1, 0.15) is 59.1 Å². The molecule has 6 heteroatoms. The summed E-state index contributed by atoms with van der Waals surface area (Å²) in [5.74, 6) is 0.457. The van der Waals surface area contributed by atoms with Crippen molar-refractivity contribution in [2.45, 2.75) is 71.9 Å². The Morgan fingerprint density at radius 1 is 0.973 bits per heavy atom. The maximum Gasteiger partial charge on any atom is 0.332 e. The van der Waals surface area contributed by atoms with Crippen molar-refractivity contribution < 1.29 is 18.7 Å². The number of aromatic nitrogens is 2. The molecule has 1 heterocycles. The third-order valence-corrected chi connectivity index (χ3v) is 6.96. The largest absolute Gasteiger partial charge is 0.458 e. The van der Waals surface area contributed by atoms with E-state index in [2.05, 4.69) is 23.7 Å². The molecule has 0 N–H and O–H groups in total. The van der Waals surface area contributed by atoms with Crippen molar-refractivity contribution >= 4 is 5.97 Å². The Morgan fingerprint density at radius 3 is 2.24 bits per heavy atom. The van der Waals surface area contributed by atoms with Gasteiger partial charge in [0.15, 0.2) is 0 Å². The molecule has 1 aliphatic rings. The Labute approximate surface area is 220 Å². The van der Waals surface area contributed by atoms with E-state index in [-0.39, 0.29) is 18.4 Å². The Morgan fingerprint density at radius 2 is 1.62 bits per heavy atom. The predicted molar refractivity (Wildman–Crippen MR) is 145 cm³/mol. The standard InChI is InChI=1S/C31H39FN2O3/c1-5-27-29(24-9-7-6-8-10-24)30(25-15-17-26(32)18-16-25)33-34(27)19-22-11-13-23(14-12-22)20-36-21-28(35)37-31(2,3)4/h6-10,15-18,22-23H,5,11-14,19-21H2,1-4H3/t22-,23-. The van der Waals surface area contributed by atoms with Gasteiger partial charge in [0.05, 0.1) is 6.61 Å². The summed E-state index contributed by atoms with van der Waals surface area (Å²) in [7, 11) is 0. The molecule has 2 aromatic carbocycles. The quantitative estimate of drug-likeness (QED) is 0.291. The van der Waals surface area contributed by atoms with E-state index < -0.39 is 5.60 Å². The first-order chi connectivity index (χ1) is 17.7. The van der Waals surface area contributed by atoms with Gasteiger partial charge in [0.2, 0.25) is 0 Å². The van der Waals surface area contributed by atoms with Gasteiger partial charge in [0.1, 0.15) is 23.7 Å². The van der Waals surface area contributed by atoms with Crippen LogP contribution in [0.5, 0.6) is 0 Å². The molecular formula is C31H39FN2O3. The number of nitrogens with zero attached hydrogens (tertiary/aromatic N) is 2. The monoisotopic (exact) mass is 506 g/mol. The lowest BCUT2D eigenvalue weighted by atomic mass is 9.82. The number of halogens is 1. The van der Waals surface area contributed by atoms with Gasteiger partial charge in [-0.1, -0.05) is 37.3 Å². The molecule has 0 spiro atoms. The molecular weight excluding hydrogens is 467 g/mol. The minimum Gasteiger partial charge on any atom is -0.458 e. The first kappa shape index (κ1) is 27.1. The number of ether oxygens (including phenoxy) is 2. The molecule has 37 heavy (non-hydrogen) atoms. The molecule has 0 amide bonds. The number of carbonyl (C=O) groups is 1. The van der Waals surface area contributed by atoms with Gasteiger partial charge in [0, 0.05) is 23.4 Å². The number of hydrogen-bond donors (Lipinski definition) is 0. The lowest BCUT2D eigenvalue weighted by Crippen LogP contribution is -2.28. The third kappa shape index (κ3) is 7.29. The summed E-state index contributed by atoms with van der Waals surface area (Å²) < 4.78 is 26.8. The first-order valence-electron chi connectivity index (χ1n) is 13.4. The maximum absolute atomic E-state index is 13.6. The smallest absolute Gasteiger partial charge is 0.332 e. The van der Waals surface area contributed by atoms with Crippen molar-refractivity contribution in [2.75, 3.05) is 13.2 Å². The van der Waals surface area contributed by atoms with Crippen molar-refractivity contribution in [1.82, 2.24) is 9.78 Å². The summed E-state index contributed by atoms with van der Waals surface area (Å²) in [4.78, 5) is 11.9. The van der Waals surface area contributed by atoms with E-state index in [1.165, 1.54) is 17.8 Å². The number of hydrogen-bond acceptors (Lipinski definition) is 4. The molecule has 1 aromatic heterocycles. The number of benzene rings is 2. The second kappa shape index (κ2) is 12.0. The van der Waals surface area contributed by atoms with Gasteiger partial charge in [-0.25, -0.2) is 9.18 Å². The normalized spacial score (nSPS) is 18.1. The van der Waals surface area contributed by atoms with Crippen molar-refractivity contribution in [3.8, 4) is 22.4 Å². The van der Waals surface area contributed by atoms with Crippen molar-refractivity contribution in [1.29, 1.82) is 0 Å². The maximum atomic E-state index is 13.6. The van der Waals surface area contributed by atoms with Gasteiger partial charge in [0.25, 0.3) is 0 Å². The fourth-order valence-corrected chi connectivity index (χ4v) is 5.23. The van der Waals surface area contributed by atoms with E-state index in [4.69, 9.17) is 14.6 Å². The Bertz CT molecular complexity index is 1160. The minimum atomic E-state index is -0.487. The van der Waals surface area contributed by atoms with Crippen molar-refractivity contribution in [3.05, 3.63) is 66.1 Å². The Balaban J connectivity index is 1.43. The van der Waals surface area contributed by atoms with Crippen LogP contribution < -0.4 is 0 Å². The minimum absolute atomic E-state index is 0.0127. The molecule has 0 unspecified atom stereocenters. The summed E-state index contributed by atoms with van der Waals surface area (Å²) in [6.45, 7) is 9.24. The van der Waals surface area contributed by atoms with Gasteiger partial charge in [-0.15, -0.1) is 0 Å². The zero-order valence-electron chi connectivity index (χ0n) is 22.5. The third-order valence-electron chi connectivity index (χ3n) is 6.96. The molecule has 198 valence electrons. The predicted octanol–water partition coefficient (Wildman–Crippen LogP) is 7.08. The molecule has 1 aliphatic carbocycles. The van der Waals surface area contributed by atoms with Crippen LogP contribution in [-0.2, 0) is 27.2 Å². The molecule has 0 saturated heterocycles. The van der Waals surface area contributed by atoms with Gasteiger partial charge in [-0.2, -0.15) is 5.10 Å². The molecule has 5 nitrogen and oxygen atoms in total. The highest BCUT2D eigenvalue weighted by atomic mass is 19.1. The lowest BCUT2D eigenvalue weighted by molar-refractivity contribution is -0.160. The van der Waals surface area contributed by atoms with Gasteiger partial charge < -0.3 is 9.47 Å². The summed E-state index contributed by atoms with van der Waals surface area (Å²) in [6.07, 6.45) is 5.24. The van der Waals surface area contributed by atoms with Crippen LogP contribution in [0.4, 0.5) is 4.39 Å². The fraction of sp³-hybridized carbons (Fsp3) is 0.484. The average molecular weight is 507 g/mol.